The number of amides is 1. The van der Waals surface area contributed by atoms with Gasteiger partial charge in [-0.15, -0.1) is 0 Å². The standard InChI is InChI=1S/C24H22Cl3N5O3S2/c25-24(26,27)22(30-20(33)12-9-16-7-10-18(11-8-16)37(28,34)35)32-15-3-14-31(23(32)36)19-6-1-4-17-5-2-13-29-21(17)19/h1-2,4-13,22H,3,14-15H2,(H,30,33)(H2,28,34,35)/b12-9+. The van der Waals surface area contributed by atoms with E-state index in [9.17, 15) is 13.2 Å². The number of alkyl halides is 3. The number of nitrogens with zero attached hydrogens (tertiary/aromatic N) is 3. The molecule has 1 aliphatic heterocycles. The molecule has 1 unspecified atom stereocenters. The minimum atomic E-state index is -3.81. The van der Waals surface area contributed by atoms with Gasteiger partial charge in [0.2, 0.25) is 19.7 Å². The molecule has 0 aliphatic carbocycles. The second kappa shape index (κ2) is 11.1. The number of fused-ring (bicyclic) bond motifs is 1. The van der Waals surface area contributed by atoms with E-state index in [0.717, 1.165) is 16.6 Å². The number of nitrogens with one attached hydrogen (secondary N) is 1. The van der Waals surface area contributed by atoms with Crippen LogP contribution < -0.4 is 15.4 Å². The molecule has 1 aromatic heterocycles. The maximum Gasteiger partial charge on any atom is 0.245 e. The van der Waals surface area contributed by atoms with E-state index < -0.39 is 25.9 Å². The smallest absolute Gasteiger partial charge is 0.245 e. The number of hydrogen-bond donors (Lipinski definition) is 2. The minimum absolute atomic E-state index is 0.0325. The molecule has 1 saturated heterocycles. The van der Waals surface area contributed by atoms with Crippen LogP contribution in [0, 0.1) is 0 Å². The van der Waals surface area contributed by atoms with E-state index in [1.807, 2.05) is 35.2 Å². The quantitative estimate of drug-likeness (QED) is 0.249. The van der Waals surface area contributed by atoms with E-state index in [1.165, 1.54) is 36.4 Å². The van der Waals surface area contributed by atoms with Crippen molar-refractivity contribution in [3.8, 4) is 0 Å². The topological polar surface area (TPSA) is 109 Å². The van der Waals surface area contributed by atoms with Crippen molar-refractivity contribution in [2.24, 2.45) is 5.14 Å². The Morgan fingerprint density at radius 3 is 2.49 bits per heavy atom. The molecule has 3 N–H and O–H groups in total. The third-order valence-electron chi connectivity index (χ3n) is 5.70. The largest absolute Gasteiger partial charge is 0.328 e. The van der Waals surface area contributed by atoms with Crippen LogP contribution in [0.3, 0.4) is 0 Å². The normalized spacial score (nSPS) is 15.8. The monoisotopic (exact) mass is 597 g/mol. The van der Waals surface area contributed by atoms with Gasteiger partial charge in [0.1, 0.15) is 0 Å². The zero-order chi connectivity index (χ0) is 26.8. The van der Waals surface area contributed by atoms with E-state index in [4.69, 9.17) is 52.2 Å². The number of benzene rings is 2. The molecule has 0 radical (unpaired) electrons. The summed E-state index contributed by atoms with van der Waals surface area (Å²) in [5.74, 6) is -0.529. The van der Waals surface area contributed by atoms with Crippen LogP contribution in [0.4, 0.5) is 5.69 Å². The molecular weight excluding hydrogens is 577 g/mol. The first-order chi connectivity index (χ1) is 17.4. The first-order valence-corrected chi connectivity index (χ1v) is 14.1. The van der Waals surface area contributed by atoms with Gasteiger partial charge in [-0.1, -0.05) is 65.1 Å². The lowest BCUT2D eigenvalue weighted by molar-refractivity contribution is -0.117. The molecule has 13 heteroatoms. The van der Waals surface area contributed by atoms with Crippen LogP contribution in [0.5, 0.6) is 0 Å². The molecule has 3 aromatic rings. The average molecular weight is 599 g/mol. The molecular formula is C24H22Cl3N5O3S2. The third-order valence-corrected chi connectivity index (χ3v) is 7.70. The number of hydrogen-bond acceptors (Lipinski definition) is 5. The van der Waals surface area contributed by atoms with Crippen molar-refractivity contribution in [3.63, 3.8) is 0 Å². The summed E-state index contributed by atoms with van der Waals surface area (Å²) in [5, 5.41) is 9.20. The lowest BCUT2D eigenvalue weighted by Crippen LogP contribution is -2.62. The number of sulfonamides is 1. The molecule has 1 atom stereocenters. The highest BCUT2D eigenvalue weighted by Crippen LogP contribution is 2.35. The highest BCUT2D eigenvalue weighted by Gasteiger charge is 2.42. The van der Waals surface area contributed by atoms with E-state index in [2.05, 4.69) is 10.3 Å². The summed E-state index contributed by atoms with van der Waals surface area (Å²) in [6, 6.07) is 15.4. The van der Waals surface area contributed by atoms with Gasteiger partial charge in [0.15, 0.2) is 11.3 Å². The second-order valence-electron chi connectivity index (χ2n) is 8.23. The molecule has 194 valence electrons. The van der Waals surface area contributed by atoms with Crippen LogP contribution >= 0.6 is 47.0 Å². The highest BCUT2D eigenvalue weighted by atomic mass is 35.6. The summed E-state index contributed by atoms with van der Waals surface area (Å²) in [4.78, 5) is 20.9. The van der Waals surface area contributed by atoms with E-state index in [-0.39, 0.29) is 4.90 Å². The number of aromatic nitrogens is 1. The fraction of sp³-hybridized carbons (Fsp3) is 0.208. The van der Waals surface area contributed by atoms with Gasteiger partial charge in [0.05, 0.1) is 16.1 Å². The zero-order valence-electron chi connectivity index (χ0n) is 19.2. The van der Waals surface area contributed by atoms with Crippen LogP contribution in [-0.2, 0) is 14.8 Å². The molecule has 37 heavy (non-hydrogen) atoms. The Bertz CT molecular complexity index is 1460. The van der Waals surface area contributed by atoms with Gasteiger partial charge in [-0.05, 0) is 54.5 Å². The van der Waals surface area contributed by atoms with Gasteiger partial charge in [0, 0.05) is 30.7 Å². The predicted molar refractivity (Wildman–Crippen MR) is 152 cm³/mol. The van der Waals surface area contributed by atoms with Crippen molar-refractivity contribution in [2.45, 2.75) is 21.3 Å². The number of anilines is 1. The Labute approximate surface area is 235 Å². The lowest BCUT2D eigenvalue weighted by atomic mass is 10.1. The Kier molecular flexibility index (Phi) is 8.27. The number of thiocarbonyl (C=S) groups is 1. The molecule has 1 aliphatic rings. The first kappa shape index (κ1) is 27.6. The summed E-state index contributed by atoms with van der Waals surface area (Å²) in [5.41, 5.74) is 2.20. The van der Waals surface area contributed by atoms with Gasteiger partial charge in [-0.2, -0.15) is 0 Å². The maximum atomic E-state index is 12.8. The number of halogens is 3. The molecule has 2 aromatic carbocycles. The van der Waals surface area contributed by atoms with Crippen LogP contribution in [0.15, 0.2) is 71.8 Å². The number of para-hydroxylation sites is 1. The minimum Gasteiger partial charge on any atom is -0.328 e. The van der Waals surface area contributed by atoms with Gasteiger partial charge >= 0.3 is 0 Å². The van der Waals surface area contributed by atoms with Crippen LogP contribution in [0.1, 0.15) is 12.0 Å². The Morgan fingerprint density at radius 1 is 1.11 bits per heavy atom. The summed E-state index contributed by atoms with van der Waals surface area (Å²) >= 11 is 24.7. The SMILES string of the molecule is NS(=O)(=O)c1ccc(/C=C/C(=O)NC(N2CCCN(c3cccc4cccnc34)C2=S)C(Cl)(Cl)Cl)cc1. The number of nitrogens with two attached hydrogens (primary N) is 1. The summed E-state index contributed by atoms with van der Waals surface area (Å²) in [7, 11) is -3.81. The molecule has 0 saturated carbocycles. The molecule has 0 bridgehead atoms. The number of carbonyl (C=O) groups excluding carboxylic acids is 1. The predicted octanol–water partition coefficient (Wildman–Crippen LogP) is 4.21. The average Bonchev–Trinajstić information content (AvgIpc) is 2.85. The highest BCUT2D eigenvalue weighted by molar-refractivity contribution is 7.89. The fourth-order valence-corrected chi connectivity index (χ4v) is 5.39. The number of carbonyl (C=O) groups is 1. The summed E-state index contributed by atoms with van der Waals surface area (Å²) in [6.07, 6.45) is 4.12. The fourth-order valence-electron chi connectivity index (χ4n) is 3.97. The lowest BCUT2D eigenvalue weighted by Gasteiger charge is -2.44. The number of rotatable bonds is 6. The summed E-state index contributed by atoms with van der Waals surface area (Å²) in [6.45, 7) is 1.10. The van der Waals surface area contributed by atoms with Crippen LogP contribution in [0.25, 0.3) is 17.0 Å². The third kappa shape index (κ3) is 6.51. The Hall–Kier alpha value is -2.47. The number of primary sulfonamides is 1. The van der Waals surface area contributed by atoms with E-state index >= 15 is 0 Å². The van der Waals surface area contributed by atoms with Crippen LogP contribution in [0.2, 0.25) is 0 Å². The van der Waals surface area contributed by atoms with Gasteiger partial charge in [-0.3, -0.25) is 9.78 Å². The van der Waals surface area contributed by atoms with Crippen molar-refractivity contribution in [1.29, 1.82) is 0 Å². The zero-order valence-corrected chi connectivity index (χ0v) is 23.1. The van der Waals surface area contributed by atoms with Crippen LogP contribution in [-0.4, -0.2) is 52.4 Å². The Morgan fingerprint density at radius 2 is 1.81 bits per heavy atom. The van der Waals surface area contributed by atoms with Crippen molar-refractivity contribution in [2.75, 3.05) is 18.0 Å². The van der Waals surface area contributed by atoms with Crippen molar-refractivity contribution in [1.82, 2.24) is 15.2 Å². The van der Waals surface area contributed by atoms with Gasteiger partial charge in [-0.25, -0.2) is 13.6 Å². The maximum absolute atomic E-state index is 12.8. The Balaban J connectivity index is 1.54. The first-order valence-electron chi connectivity index (χ1n) is 11.1. The van der Waals surface area contributed by atoms with E-state index in [0.29, 0.717) is 30.2 Å². The molecule has 8 nitrogen and oxygen atoms in total. The summed E-state index contributed by atoms with van der Waals surface area (Å²) < 4.78 is 20.9. The molecule has 2 heterocycles. The molecule has 4 rings (SSSR count). The van der Waals surface area contributed by atoms with Crippen molar-refractivity contribution >= 4 is 90.7 Å². The van der Waals surface area contributed by atoms with E-state index in [1.54, 1.807) is 11.1 Å². The van der Waals surface area contributed by atoms with Gasteiger partial charge in [0.25, 0.3) is 0 Å². The van der Waals surface area contributed by atoms with Crippen molar-refractivity contribution < 1.29 is 13.2 Å². The van der Waals surface area contributed by atoms with Gasteiger partial charge < -0.3 is 15.1 Å². The van der Waals surface area contributed by atoms with Crippen molar-refractivity contribution in [3.05, 3.63) is 72.4 Å². The number of pyridine rings is 1. The molecule has 1 amide bonds. The molecule has 1 fully saturated rings. The second-order valence-corrected chi connectivity index (χ2v) is 12.5. The molecule has 0 spiro atoms.